The third-order valence-corrected chi connectivity index (χ3v) is 5.05. The van der Waals surface area contributed by atoms with Gasteiger partial charge in [-0.15, -0.1) is 0 Å². The molecule has 100 valence electrons. The Bertz CT molecular complexity index is 396. The summed E-state index contributed by atoms with van der Waals surface area (Å²) in [6.45, 7) is 4.42. The maximum atomic E-state index is 11.1. The minimum absolute atomic E-state index is 0.410. The van der Waals surface area contributed by atoms with Crippen LogP contribution in [-0.4, -0.2) is 5.11 Å². The lowest BCUT2D eigenvalue weighted by Crippen LogP contribution is -2.36. The number of rotatable bonds is 3. The lowest BCUT2D eigenvalue weighted by molar-refractivity contribution is -0.0465. The van der Waals surface area contributed by atoms with Crippen molar-refractivity contribution in [2.75, 3.05) is 0 Å². The Morgan fingerprint density at radius 1 is 1.28 bits per heavy atom. The van der Waals surface area contributed by atoms with Gasteiger partial charge in [-0.05, 0) is 48.8 Å². The van der Waals surface area contributed by atoms with Gasteiger partial charge in [-0.1, -0.05) is 54.8 Å². The number of benzene rings is 1. The van der Waals surface area contributed by atoms with E-state index < -0.39 is 5.60 Å². The van der Waals surface area contributed by atoms with Gasteiger partial charge in [0.1, 0.15) is 0 Å². The van der Waals surface area contributed by atoms with Gasteiger partial charge in [0.2, 0.25) is 0 Å². The molecule has 0 amide bonds. The van der Waals surface area contributed by atoms with Crippen LogP contribution < -0.4 is 0 Å². The van der Waals surface area contributed by atoms with E-state index in [9.17, 15) is 5.11 Å². The monoisotopic (exact) mass is 310 g/mol. The van der Waals surface area contributed by atoms with Crippen molar-refractivity contribution in [3.63, 3.8) is 0 Å². The number of hydrogen-bond donors (Lipinski definition) is 1. The largest absolute Gasteiger partial charge is 0.385 e. The van der Waals surface area contributed by atoms with E-state index in [1.165, 1.54) is 12.8 Å². The highest BCUT2D eigenvalue weighted by atomic mass is 79.9. The van der Waals surface area contributed by atoms with Crippen LogP contribution in [-0.2, 0) is 5.60 Å². The molecule has 1 unspecified atom stereocenters. The van der Waals surface area contributed by atoms with Crippen LogP contribution in [0.2, 0.25) is 0 Å². The van der Waals surface area contributed by atoms with Crippen molar-refractivity contribution in [2.24, 2.45) is 11.8 Å². The highest BCUT2D eigenvalue weighted by Crippen LogP contribution is 2.43. The molecule has 1 N–H and O–H groups in total. The molecule has 1 nitrogen and oxygen atoms in total. The standard InChI is InChI=1S/C16H23BrO/c1-3-16(18,13-9-7-12(2)8-10-13)14-5-4-6-15(17)11-14/h4-6,11-13,18H,3,7-10H2,1-2H3. The Kier molecular flexibility index (Phi) is 4.50. The zero-order chi connectivity index (χ0) is 13.2. The van der Waals surface area contributed by atoms with E-state index in [-0.39, 0.29) is 0 Å². The minimum Gasteiger partial charge on any atom is -0.385 e. The predicted molar refractivity (Wildman–Crippen MR) is 79.5 cm³/mol. The summed E-state index contributed by atoms with van der Waals surface area (Å²) >= 11 is 3.51. The van der Waals surface area contributed by atoms with Crippen molar-refractivity contribution < 1.29 is 5.11 Å². The minimum atomic E-state index is -0.649. The van der Waals surface area contributed by atoms with E-state index in [2.05, 4.69) is 41.9 Å². The molecule has 0 heterocycles. The molecule has 0 aromatic heterocycles. The van der Waals surface area contributed by atoms with E-state index >= 15 is 0 Å². The molecule has 0 bridgehead atoms. The van der Waals surface area contributed by atoms with Crippen LogP contribution in [0.15, 0.2) is 28.7 Å². The summed E-state index contributed by atoms with van der Waals surface area (Å²) in [4.78, 5) is 0. The van der Waals surface area contributed by atoms with Crippen molar-refractivity contribution in [2.45, 2.75) is 51.6 Å². The molecule has 2 heteroatoms. The topological polar surface area (TPSA) is 20.2 Å². The van der Waals surface area contributed by atoms with Gasteiger partial charge < -0.3 is 5.11 Å². The molecular weight excluding hydrogens is 288 g/mol. The zero-order valence-corrected chi connectivity index (χ0v) is 12.9. The third kappa shape index (κ3) is 2.80. The molecule has 0 spiro atoms. The molecule has 1 aliphatic rings. The van der Waals surface area contributed by atoms with E-state index in [0.717, 1.165) is 35.2 Å². The maximum Gasteiger partial charge on any atom is 0.0922 e. The van der Waals surface area contributed by atoms with Gasteiger partial charge in [0.15, 0.2) is 0 Å². The molecule has 18 heavy (non-hydrogen) atoms. The van der Waals surface area contributed by atoms with E-state index in [1.807, 2.05) is 12.1 Å². The molecular formula is C16H23BrO. The van der Waals surface area contributed by atoms with Crippen molar-refractivity contribution in [1.82, 2.24) is 0 Å². The maximum absolute atomic E-state index is 11.1. The van der Waals surface area contributed by atoms with Crippen LogP contribution in [0, 0.1) is 11.8 Å². The molecule has 1 aromatic rings. The average Bonchev–Trinajstić information content (AvgIpc) is 2.38. The fourth-order valence-corrected chi connectivity index (χ4v) is 3.62. The van der Waals surface area contributed by atoms with Gasteiger partial charge in [-0.2, -0.15) is 0 Å². The number of aliphatic hydroxyl groups is 1. The second-order valence-corrected chi connectivity index (χ2v) is 6.66. The summed E-state index contributed by atoms with van der Waals surface area (Å²) in [6.07, 6.45) is 5.60. The van der Waals surface area contributed by atoms with Gasteiger partial charge in [0, 0.05) is 4.47 Å². The van der Waals surface area contributed by atoms with E-state index in [4.69, 9.17) is 0 Å². The smallest absolute Gasteiger partial charge is 0.0922 e. The van der Waals surface area contributed by atoms with E-state index in [0.29, 0.717) is 5.92 Å². The first kappa shape index (κ1) is 14.1. The molecule has 1 atom stereocenters. The first-order chi connectivity index (χ1) is 8.56. The van der Waals surface area contributed by atoms with Gasteiger partial charge in [-0.3, -0.25) is 0 Å². The summed E-state index contributed by atoms with van der Waals surface area (Å²) in [5, 5.41) is 11.1. The summed E-state index contributed by atoms with van der Waals surface area (Å²) in [7, 11) is 0. The lowest BCUT2D eigenvalue weighted by Gasteiger charge is -2.40. The Labute approximate surface area is 119 Å². The van der Waals surface area contributed by atoms with E-state index in [1.54, 1.807) is 0 Å². The number of halogens is 1. The lowest BCUT2D eigenvalue weighted by atomic mass is 9.70. The third-order valence-electron chi connectivity index (χ3n) is 4.55. The molecule has 1 aromatic carbocycles. The molecule has 1 aliphatic carbocycles. The molecule has 0 saturated heterocycles. The van der Waals surface area contributed by atoms with Crippen LogP contribution in [0.3, 0.4) is 0 Å². The first-order valence-corrected chi connectivity index (χ1v) is 7.84. The molecule has 2 rings (SSSR count). The highest BCUT2D eigenvalue weighted by molar-refractivity contribution is 9.10. The van der Waals surface area contributed by atoms with Crippen molar-refractivity contribution >= 4 is 15.9 Å². The second-order valence-electron chi connectivity index (χ2n) is 5.74. The Hall–Kier alpha value is -0.340. The average molecular weight is 311 g/mol. The van der Waals surface area contributed by atoms with Crippen LogP contribution in [0.5, 0.6) is 0 Å². The fraction of sp³-hybridized carbons (Fsp3) is 0.625. The molecule has 1 saturated carbocycles. The molecule has 0 aliphatic heterocycles. The summed E-state index contributed by atoms with van der Waals surface area (Å²) < 4.78 is 1.05. The van der Waals surface area contributed by atoms with Crippen molar-refractivity contribution in [3.05, 3.63) is 34.3 Å². The van der Waals surface area contributed by atoms with Gasteiger partial charge in [-0.25, -0.2) is 0 Å². The van der Waals surface area contributed by atoms with Crippen LogP contribution in [0.25, 0.3) is 0 Å². The van der Waals surface area contributed by atoms with Gasteiger partial charge in [0.25, 0.3) is 0 Å². The van der Waals surface area contributed by atoms with Gasteiger partial charge in [0.05, 0.1) is 5.60 Å². The summed E-state index contributed by atoms with van der Waals surface area (Å²) in [5.41, 5.74) is 0.420. The Balaban J connectivity index is 2.24. The Morgan fingerprint density at radius 2 is 1.94 bits per heavy atom. The van der Waals surface area contributed by atoms with Gasteiger partial charge >= 0.3 is 0 Å². The summed E-state index contributed by atoms with van der Waals surface area (Å²) in [5.74, 6) is 1.23. The summed E-state index contributed by atoms with van der Waals surface area (Å²) in [6, 6.07) is 8.17. The van der Waals surface area contributed by atoms with Crippen LogP contribution in [0.1, 0.15) is 51.5 Å². The van der Waals surface area contributed by atoms with Crippen LogP contribution >= 0.6 is 15.9 Å². The van der Waals surface area contributed by atoms with Crippen molar-refractivity contribution in [1.29, 1.82) is 0 Å². The zero-order valence-electron chi connectivity index (χ0n) is 11.3. The quantitative estimate of drug-likeness (QED) is 0.844. The fourth-order valence-electron chi connectivity index (χ4n) is 3.22. The molecule has 1 fully saturated rings. The predicted octanol–water partition coefficient (Wildman–Crippen LogP) is 4.87. The SMILES string of the molecule is CCC(O)(c1cccc(Br)c1)C1CCC(C)CC1. The number of hydrogen-bond acceptors (Lipinski definition) is 1. The second kappa shape index (κ2) is 5.75. The Morgan fingerprint density at radius 3 is 2.50 bits per heavy atom. The normalized spacial score (nSPS) is 27.8. The van der Waals surface area contributed by atoms with Crippen LogP contribution in [0.4, 0.5) is 0 Å². The highest BCUT2D eigenvalue weighted by Gasteiger charge is 2.38. The van der Waals surface area contributed by atoms with Crippen molar-refractivity contribution in [3.8, 4) is 0 Å². The first-order valence-electron chi connectivity index (χ1n) is 7.04. The molecule has 0 radical (unpaired) electrons.